The van der Waals surface area contributed by atoms with Gasteiger partial charge in [-0.25, -0.2) is 0 Å². The summed E-state index contributed by atoms with van der Waals surface area (Å²) in [6.07, 6.45) is 14.8. The Morgan fingerprint density at radius 1 is 0.796 bits per heavy atom. The van der Waals surface area contributed by atoms with Gasteiger partial charge in [0.15, 0.2) is 5.71 Å². The SMILES string of the molecule is CCCN1C(=CC=C2CCCC(C=CC3=[N+](CCC)c4ccccc4C3(C)C)=C2Oc2ccc(N(C)CC)cc2)C(C)(C)c2ccccc21. The summed E-state index contributed by atoms with van der Waals surface area (Å²) in [6.45, 7) is 19.2. The van der Waals surface area contributed by atoms with Crippen molar-refractivity contribution in [3.05, 3.63) is 131 Å². The Hall–Kier alpha value is -4.31. The van der Waals surface area contributed by atoms with Gasteiger partial charge in [0.25, 0.3) is 0 Å². The number of rotatable bonds is 11. The zero-order valence-electron chi connectivity index (χ0n) is 31.1. The van der Waals surface area contributed by atoms with Crippen molar-refractivity contribution < 1.29 is 9.31 Å². The normalized spacial score (nSPS) is 19.7. The van der Waals surface area contributed by atoms with Crippen LogP contribution in [0, 0.1) is 0 Å². The molecule has 3 aromatic carbocycles. The summed E-state index contributed by atoms with van der Waals surface area (Å²) in [6, 6.07) is 26.4. The Morgan fingerprint density at radius 3 is 2.22 bits per heavy atom. The van der Waals surface area contributed by atoms with Gasteiger partial charge in [0.2, 0.25) is 5.69 Å². The lowest BCUT2D eigenvalue weighted by Crippen LogP contribution is -2.28. The highest BCUT2D eigenvalue weighted by molar-refractivity contribution is 6.03. The molecular weight excluding hydrogens is 599 g/mol. The van der Waals surface area contributed by atoms with Crippen LogP contribution in [-0.4, -0.2) is 37.0 Å². The first-order chi connectivity index (χ1) is 23.6. The van der Waals surface area contributed by atoms with Crippen molar-refractivity contribution >= 4 is 22.8 Å². The quantitative estimate of drug-likeness (QED) is 0.192. The lowest BCUT2D eigenvalue weighted by atomic mass is 9.81. The molecule has 0 aromatic heterocycles. The monoisotopic (exact) mass is 654 g/mol. The van der Waals surface area contributed by atoms with Crippen molar-refractivity contribution in [3.63, 3.8) is 0 Å². The molecule has 3 aromatic rings. The molecule has 0 bridgehead atoms. The number of anilines is 2. The summed E-state index contributed by atoms with van der Waals surface area (Å²) in [7, 11) is 2.13. The first-order valence-electron chi connectivity index (χ1n) is 18.5. The Kier molecular flexibility index (Phi) is 10.1. The topological polar surface area (TPSA) is 18.7 Å². The third-order valence-electron chi connectivity index (χ3n) is 10.8. The summed E-state index contributed by atoms with van der Waals surface area (Å²) >= 11 is 0. The zero-order valence-corrected chi connectivity index (χ0v) is 31.1. The molecule has 0 amide bonds. The Morgan fingerprint density at radius 2 is 1.51 bits per heavy atom. The molecule has 0 saturated carbocycles. The molecule has 6 rings (SSSR count). The van der Waals surface area contributed by atoms with Crippen LogP contribution in [0.25, 0.3) is 0 Å². The van der Waals surface area contributed by atoms with Gasteiger partial charge in [-0.15, -0.1) is 0 Å². The predicted molar refractivity (Wildman–Crippen MR) is 209 cm³/mol. The number of allylic oxidation sites excluding steroid dienone is 7. The molecule has 0 N–H and O–H groups in total. The van der Waals surface area contributed by atoms with E-state index in [1.165, 1.54) is 50.7 Å². The fourth-order valence-electron chi connectivity index (χ4n) is 7.99. The molecule has 4 nitrogen and oxygen atoms in total. The van der Waals surface area contributed by atoms with Crippen LogP contribution < -0.4 is 14.5 Å². The molecule has 2 aliphatic heterocycles. The van der Waals surface area contributed by atoms with Gasteiger partial charge in [-0.1, -0.05) is 70.2 Å². The van der Waals surface area contributed by atoms with E-state index >= 15 is 0 Å². The third-order valence-corrected chi connectivity index (χ3v) is 10.8. The number of para-hydroxylation sites is 2. The highest BCUT2D eigenvalue weighted by Gasteiger charge is 2.44. The fourth-order valence-corrected chi connectivity index (χ4v) is 7.99. The number of nitrogens with zero attached hydrogens (tertiary/aromatic N) is 3. The van der Waals surface area contributed by atoms with Gasteiger partial charge < -0.3 is 14.5 Å². The molecule has 4 heteroatoms. The minimum Gasteiger partial charge on any atom is -0.457 e. The van der Waals surface area contributed by atoms with Crippen molar-refractivity contribution in [1.29, 1.82) is 0 Å². The average Bonchev–Trinajstić information content (AvgIpc) is 3.45. The number of ether oxygens (including phenoxy) is 1. The van der Waals surface area contributed by atoms with Crippen LogP contribution in [0.5, 0.6) is 5.75 Å². The average molecular weight is 655 g/mol. The molecule has 0 saturated heterocycles. The second kappa shape index (κ2) is 14.3. The standard InChI is InChI=1S/C45H56N3O/c1-9-31-47-39-21-14-12-19-37(39)44(4,5)41(47)29-23-33-17-16-18-34(43(33)49-36-27-25-35(26-28-36)46(8)11-3)24-30-42-45(6,7)38-20-13-15-22-40(38)48(42)32-10-2/h12-15,19-30H,9-11,16-18,31-32H2,1-8H3/q+1. The van der Waals surface area contributed by atoms with Crippen molar-refractivity contribution in [1.82, 2.24) is 0 Å². The summed E-state index contributed by atoms with van der Waals surface area (Å²) in [5.74, 6) is 1.88. The van der Waals surface area contributed by atoms with E-state index < -0.39 is 0 Å². The van der Waals surface area contributed by atoms with Crippen LogP contribution >= 0.6 is 0 Å². The van der Waals surface area contributed by atoms with Gasteiger partial charge in [0.05, 0.1) is 5.41 Å². The van der Waals surface area contributed by atoms with Crippen LogP contribution in [0.15, 0.2) is 120 Å². The molecule has 0 fully saturated rings. The van der Waals surface area contributed by atoms with E-state index in [-0.39, 0.29) is 10.8 Å². The molecule has 0 atom stereocenters. The molecule has 2 heterocycles. The molecule has 256 valence electrons. The number of hydrogen-bond donors (Lipinski definition) is 0. The molecule has 3 aliphatic rings. The van der Waals surface area contributed by atoms with Crippen molar-refractivity contribution in [3.8, 4) is 5.75 Å². The van der Waals surface area contributed by atoms with E-state index in [4.69, 9.17) is 4.74 Å². The van der Waals surface area contributed by atoms with E-state index in [1.54, 1.807) is 0 Å². The highest BCUT2D eigenvalue weighted by atomic mass is 16.5. The van der Waals surface area contributed by atoms with Crippen LogP contribution in [0.2, 0.25) is 0 Å². The molecule has 0 radical (unpaired) electrons. The zero-order chi connectivity index (χ0) is 34.8. The van der Waals surface area contributed by atoms with Crippen molar-refractivity contribution in [2.75, 3.05) is 36.5 Å². The summed E-state index contributed by atoms with van der Waals surface area (Å²) in [5.41, 5.74) is 11.8. The minimum atomic E-state index is -0.0749. The van der Waals surface area contributed by atoms with Gasteiger partial charge in [-0.3, -0.25) is 0 Å². The predicted octanol–water partition coefficient (Wildman–Crippen LogP) is 11.0. The lowest BCUT2D eigenvalue weighted by Gasteiger charge is -2.27. The number of fused-ring (bicyclic) bond motifs is 2. The van der Waals surface area contributed by atoms with Crippen LogP contribution in [0.4, 0.5) is 17.1 Å². The fraction of sp³-hybridized carbons (Fsp3) is 0.400. The first kappa shape index (κ1) is 34.5. The van der Waals surface area contributed by atoms with E-state index in [2.05, 4.69) is 167 Å². The minimum absolute atomic E-state index is 0.0749. The van der Waals surface area contributed by atoms with E-state index in [0.29, 0.717) is 0 Å². The lowest BCUT2D eigenvalue weighted by molar-refractivity contribution is -0.437. The maximum atomic E-state index is 6.93. The summed E-state index contributed by atoms with van der Waals surface area (Å²) in [5, 5.41) is 0. The second-order valence-electron chi connectivity index (χ2n) is 14.9. The highest BCUT2D eigenvalue weighted by Crippen LogP contribution is 2.48. The third kappa shape index (κ3) is 6.55. The maximum Gasteiger partial charge on any atom is 0.209 e. The van der Waals surface area contributed by atoms with E-state index in [1.807, 2.05) is 0 Å². The van der Waals surface area contributed by atoms with Crippen molar-refractivity contribution in [2.24, 2.45) is 0 Å². The number of hydrogen-bond acceptors (Lipinski definition) is 3. The van der Waals surface area contributed by atoms with Gasteiger partial charge in [-0.2, -0.15) is 4.58 Å². The van der Waals surface area contributed by atoms with E-state index in [0.717, 1.165) is 63.2 Å². The largest absolute Gasteiger partial charge is 0.457 e. The molecular formula is C45H56N3O+. The van der Waals surface area contributed by atoms with Crippen LogP contribution in [0.1, 0.15) is 91.7 Å². The van der Waals surface area contributed by atoms with E-state index in [9.17, 15) is 0 Å². The molecule has 49 heavy (non-hydrogen) atoms. The van der Waals surface area contributed by atoms with Gasteiger partial charge >= 0.3 is 0 Å². The van der Waals surface area contributed by atoms with Gasteiger partial charge in [-0.05, 0) is 106 Å². The van der Waals surface area contributed by atoms with Gasteiger partial charge in [0.1, 0.15) is 18.1 Å². The first-order valence-corrected chi connectivity index (χ1v) is 18.5. The second-order valence-corrected chi connectivity index (χ2v) is 14.9. The van der Waals surface area contributed by atoms with Crippen molar-refractivity contribution in [2.45, 2.75) is 91.4 Å². The Balaban J connectivity index is 1.44. The van der Waals surface area contributed by atoms with Crippen LogP contribution in [0.3, 0.4) is 0 Å². The molecule has 0 spiro atoms. The van der Waals surface area contributed by atoms with Crippen LogP contribution in [-0.2, 0) is 10.8 Å². The Labute approximate surface area is 295 Å². The molecule has 0 unspecified atom stereocenters. The summed E-state index contributed by atoms with van der Waals surface area (Å²) in [4.78, 5) is 4.78. The Bertz CT molecular complexity index is 1830. The smallest absolute Gasteiger partial charge is 0.209 e. The van der Waals surface area contributed by atoms with Gasteiger partial charge in [0, 0.05) is 66.8 Å². The number of benzene rings is 3. The summed E-state index contributed by atoms with van der Waals surface area (Å²) < 4.78 is 9.46. The molecule has 1 aliphatic carbocycles. The maximum absolute atomic E-state index is 6.93.